The predicted molar refractivity (Wildman–Crippen MR) is 82.0 cm³/mol. The van der Waals surface area contributed by atoms with Crippen molar-refractivity contribution in [1.82, 2.24) is 14.9 Å². The van der Waals surface area contributed by atoms with Crippen molar-refractivity contribution in [3.05, 3.63) is 18.2 Å². The first-order chi connectivity index (χ1) is 9.75. The fraction of sp³-hybridized carbons (Fsp3) is 0.692. The summed E-state index contributed by atoms with van der Waals surface area (Å²) in [6, 6.07) is 0.0381. The molecule has 0 aromatic carbocycles. The molecule has 1 amide bonds. The molecular formula is C13H19N3O2S2. The minimum atomic E-state index is -0.125. The molecule has 3 heterocycles. The second kappa shape index (κ2) is 6.41. The third-order valence-corrected chi connectivity index (χ3v) is 6.39. The van der Waals surface area contributed by atoms with E-state index in [-0.39, 0.29) is 23.3 Å². The van der Waals surface area contributed by atoms with E-state index < -0.39 is 0 Å². The maximum atomic E-state index is 12.3. The summed E-state index contributed by atoms with van der Waals surface area (Å²) in [5.74, 6) is 4.16. The molecule has 0 saturated carbocycles. The molecule has 0 unspecified atom stereocenters. The number of rotatable bonds is 3. The van der Waals surface area contributed by atoms with Crippen LogP contribution in [0.4, 0.5) is 0 Å². The van der Waals surface area contributed by atoms with Crippen LogP contribution >= 0.6 is 23.5 Å². The van der Waals surface area contributed by atoms with Gasteiger partial charge in [-0.25, -0.2) is 4.98 Å². The van der Waals surface area contributed by atoms with Crippen LogP contribution in [0.2, 0.25) is 0 Å². The van der Waals surface area contributed by atoms with Crippen molar-refractivity contribution in [2.24, 2.45) is 7.05 Å². The van der Waals surface area contributed by atoms with E-state index in [0.717, 1.165) is 29.5 Å². The molecule has 0 bridgehead atoms. The van der Waals surface area contributed by atoms with Crippen LogP contribution < -0.4 is 5.32 Å². The zero-order valence-electron chi connectivity index (χ0n) is 11.4. The molecule has 2 aliphatic rings. The first-order valence-electron chi connectivity index (χ1n) is 6.84. The summed E-state index contributed by atoms with van der Waals surface area (Å²) in [5.41, 5.74) is 0. The minimum absolute atomic E-state index is 0.0381. The third-order valence-electron chi connectivity index (χ3n) is 3.64. The van der Waals surface area contributed by atoms with Crippen molar-refractivity contribution in [1.29, 1.82) is 0 Å². The average Bonchev–Trinajstić information content (AvgIpc) is 3.08. The molecule has 2 aliphatic heterocycles. The fourth-order valence-electron chi connectivity index (χ4n) is 2.56. The largest absolute Gasteiger partial charge is 0.368 e. The van der Waals surface area contributed by atoms with Crippen LogP contribution in [0.5, 0.6) is 0 Å². The zero-order valence-corrected chi connectivity index (χ0v) is 13.1. The maximum absolute atomic E-state index is 12.3. The SMILES string of the molecule is Cn1ccnc1[C@H]1OCC[C@@H]1NC(=O)[C@@H]1CSCCS1. The number of nitrogens with zero attached hydrogens (tertiary/aromatic N) is 2. The summed E-state index contributed by atoms with van der Waals surface area (Å²) >= 11 is 3.62. The van der Waals surface area contributed by atoms with Crippen molar-refractivity contribution in [3.63, 3.8) is 0 Å². The van der Waals surface area contributed by atoms with Crippen molar-refractivity contribution in [3.8, 4) is 0 Å². The number of thioether (sulfide) groups is 2. The highest BCUT2D eigenvalue weighted by Gasteiger charge is 2.35. The van der Waals surface area contributed by atoms with Gasteiger partial charge in [-0.1, -0.05) is 0 Å². The lowest BCUT2D eigenvalue weighted by molar-refractivity contribution is -0.121. The summed E-state index contributed by atoms with van der Waals surface area (Å²) in [5, 5.41) is 3.24. The molecule has 2 fully saturated rings. The van der Waals surface area contributed by atoms with E-state index in [4.69, 9.17) is 4.74 Å². The topological polar surface area (TPSA) is 56.1 Å². The van der Waals surface area contributed by atoms with E-state index in [1.165, 1.54) is 0 Å². The molecule has 0 aliphatic carbocycles. The van der Waals surface area contributed by atoms with Gasteiger partial charge in [0.25, 0.3) is 0 Å². The van der Waals surface area contributed by atoms with Crippen LogP contribution in [0.1, 0.15) is 18.3 Å². The van der Waals surface area contributed by atoms with E-state index in [0.29, 0.717) is 6.61 Å². The molecule has 3 rings (SSSR count). The molecule has 7 heteroatoms. The lowest BCUT2D eigenvalue weighted by Gasteiger charge is -2.24. The molecule has 0 radical (unpaired) electrons. The standard InChI is InChI=1S/C13H19N3O2S2/c1-16-4-3-14-12(16)11-9(2-5-18-11)15-13(17)10-8-19-6-7-20-10/h3-4,9-11H,2,5-8H2,1H3,(H,15,17)/t9-,10-,11-/m0/s1. The van der Waals surface area contributed by atoms with Gasteiger partial charge < -0.3 is 14.6 Å². The number of nitrogens with one attached hydrogen (secondary N) is 1. The number of carbonyl (C=O) groups is 1. The molecule has 2 saturated heterocycles. The molecule has 5 nitrogen and oxygen atoms in total. The Morgan fingerprint density at radius 2 is 2.45 bits per heavy atom. The van der Waals surface area contributed by atoms with Crippen molar-refractivity contribution >= 4 is 29.4 Å². The average molecular weight is 313 g/mol. The monoisotopic (exact) mass is 313 g/mol. The number of imidazole rings is 1. The summed E-state index contributed by atoms with van der Waals surface area (Å²) in [7, 11) is 1.95. The normalized spacial score (nSPS) is 30.4. The minimum Gasteiger partial charge on any atom is -0.368 e. The van der Waals surface area contributed by atoms with Crippen LogP contribution in [0, 0.1) is 0 Å². The summed E-state index contributed by atoms with van der Waals surface area (Å²) in [6.07, 6.45) is 4.40. The van der Waals surface area contributed by atoms with Crippen molar-refractivity contribution < 1.29 is 9.53 Å². The Bertz CT molecular complexity index is 474. The van der Waals surface area contributed by atoms with E-state index in [1.807, 2.05) is 29.6 Å². The number of carbonyl (C=O) groups excluding carboxylic acids is 1. The highest BCUT2D eigenvalue weighted by atomic mass is 32.2. The van der Waals surface area contributed by atoms with Gasteiger partial charge in [0.1, 0.15) is 11.9 Å². The van der Waals surface area contributed by atoms with E-state index in [9.17, 15) is 4.79 Å². The second-order valence-electron chi connectivity index (χ2n) is 5.03. The van der Waals surface area contributed by atoms with Crippen molar-refractivity contribution in [2.45, 2.75) is 23.8 Å². The van der Waals surface area contributed by atoms with Crippen LogP contribution in [0.3, 0.4) is 0 Å². The number of ether oxygens (including phenoxy) is 1. The lowest BCUT2D eigenvalue weighted by Crippen LogP contribution is -2.43. The Morgan fingerprint density at radius 1 is 1.55 bits per heavy atom. The van der Waals surface area contributed by atoms with Gasteiger partial charge in [-0.2, -0.15) is 11.8 Å². The van der Waals surface area contributed by atoms with Crippen LogP contribution in [0.25, 0.3) is 0 Å². The van der Waals surface area contributed by atoms with Crippen LogP contribution in [0.15, 0.2) is 12.4 Å². The molecule has 1 N–H and O–H groups in total. The van der Waals surface area contributed by atoms with Gasteiger partial charge in [0.05, 0.1) is 11.3 Å². The first kappa shape index (κ1) is 14.3. The Morgan fingerprint density at radius 3 is 3.15 bits per heavy atom. The molecule has 20 heavy (non-hydrogen) atoms. The predicted octanol–water partition coefficient (Wildman–Crippen LogP) is 1.21. The van der Waals surface area contributed by atoms with Gasteiger partial charge in [0, 0.05) is 43.3 Å². The van der Waals surface area contributed by atoms with Gasteiger partial charge in [-0.15, -0.1) is 11.8 Å². The van der Waals surface area contributed by atoms with Crippen LogP contribution in [-0.4, -0.2) is 50.6 Å². The van der Waals surface area contributed by atoms with E-state index >= 15 is 0 Å². The zero-order chi connectivity index (χ0) is 13.9. The van der Waals surface area contributed by atoms with E-state index in [1.54, 1.807) is 18.0 Å². The quantitative estimate of drug-likeness (QED) is 0.909. The summed E-state index contributed by atoms with van der Waals surface area (Å²) in [4.78, 5) is 16.7. The first-order valence-corrected chi connectivity index (χ1v) is 9.04. The number of amides is 1. The Labute approximate surface area is 127 Å². The van der Waals surface area contributed by atoms with Gasteiger partial charge in [0.15, 0.2) is 0 Å². The van der Waals surface area contributed by atoms with Gasteiger partial charge >= 0.3 is 0 Å². The third kappa shape index (κ3) is 2.99. The van der Waals surface area contributed by atoms with Gasteiger partial charge in [-0.05, 0) is 6.42 Å². The highest BCUT2D eigenvalue weighted by Crippen LogP contribution is 2.29. The smallest absolute Gasteiger partial charge is 0.234 e. The van der Waals surface area contributed by atoms with E-state index in [2.05, 4.69) is 10.3 Å². The number of hydrogen-bond donors (Lipinski definition) is 1. The Kier molecular flexibility index (Phi) is 4.58. The number of aryl methyl sites for hydroxylation is 1. The molecule has 3 atom stereocenters. The molecular weight excluding hydrogens is 294 g/mol. The number of aromatic nitrogens is 2. The highest BCUT2D eigenvalue weighted by molar-refractivity contribution is 8.07. The Balaban J connectivity index is 1.64. The van der Waals surface area contributed by atoms with Gasteiger partial charge in [-0.3, -0.25) is 4.79 Å². The van der Waals surface area contributed by atoms with Crippen LogP contribution in [-0.2, 0) is 16.6 Å². The fourth-order valence-corrected chi connectivity index (χ4v) is 5.12. The van der Waals surface area contributed by atoms with Gasteiger partial charge in [0.2, 0.25) is 5.91 Å². The maximum Gasteiger partial charge on any atom is 0.234 e. The molecule has 110 valence electrons. The second-order valence-corrected chi connectivity index (χ2v) is 7.49. The Hall–Kier alpha value is -0.660. The van der Waals surface area contributed by atoms with Crippen molar-refractivity contribution in [2.75, 3.05) is 23.9 Å². The lowest BCUT2D eigenvalue weighted by atomic mass is 10.1. The summed E-state index contributed by atoms with van der Waals surface area (Å²) in [6.45, 7) is 0.676. The molecule has 0 spiro atoms. The molecule has 1 aromatic rings. The molecule has 1 aromatic heterocycles. The summed E-state index contributed by atoms with van der Waals surface area (Å²) < 4.78 is 7.73. The number of hydrogen-bond acceptors (Lipinski definition) is 5.